The van der Waals surface area contributed by atoms with Gasteiger partial charge in [0.15, 0.2) is 0 Å². The van der Waals surface area contributed by atoms with E-state index in [1.807, 2.05) is 19.9 Å². The molecule has 2 aromatic carbocycles. The molecule has 1 aliphatic heterocycles. The lowest BCUT2D eigenvalue weighted by atomic mass is 10.1. The first kappa shape index (κ1) is 25.2. The summed E-state index contributed by atoms with van der Waals surface area (Å²) in [5, 5.41) is 2.69. The summed E-state index contributed by atoms with van der Waals surface area (Å²) in [7, 11) is -7.30. The predicted molar refractivity (Wildman–Crippen MR) is 130 cm³/mol. The molecular formula is C23H31N3O5S2. The average Bonchev–Trinajstić information content (AvgIpc) is 2.76. The van der Waals surface area contributed by atoms with Crippen molar-refractivity contribution in [2.75, 3.05) is 29.0 Å². The number of sulfonamides is 2. The summed E-state index contributed by atoms with van der Waals surface area (Å²) in [6.45, 7) is 6.34. The van der Waals surface area contributed by atoms with Gasteiger partial charge >= 0.3 is 0 Å². The summed E-state index contributed by atoms with van der Waals surface area (Å²) in [4.78, 5) is 13.1. The minimum atomic E-state index is -3.73. The fraction of sp³-hybridized carbons (Fsp3) is 0.435. The van der Waals surface area contributed by atoms with Crippen LogP contribution in [-0.4, -0.2) is 52.4 Å². The van der Waals surface area contributed by atoms with Gasteiger partial charge in [0.1, 0.15) is 6.04 Å². The molecule has 33 heavy (non-hydrogen) atoms. The Morgan fingerprint density at radius 1 is 0.939 bits per heavy atom. The predicted octanol–water partition coefficient (Wildman–Crippen LogP) is 3.27. The minimum Gasteiger partial charge on any atom is -0.324 e. The second kappa shape index (κ2) is 9.82. The number of carbonyl (C=O) groups excluding carboxylic acids is 1. The standard InChI is InChI=1S/C23H31N3O5S2/c1-17-8-11-21(16-18(17)2)26(32(4,28)29)19(3)23(27)24-20-9-12-22(13-10-20)33(30,31)25-14-6-5-7-15-25/h8-13,16,19H,5-7,14-15H2,1-4H3,(H,24,27)/t19-/m0/s1. The molecule has 10 heteroatoms. The number of hydrogen-bond donors (Lipinski definition) is 1. The second-order valence-corrected chi connectivity index (χ2v) is 12.3. The lowest BCUT2D eigenvalue weighted by Crippen LogP contribution is -2.45. The molecule has 2 aromatic rings. The molecule has 1 amide bonds. The Labute approximate surface area is 196 Å². The molecule has 0 saturated carbocycles. The van der Waals surface area contributed by atoms with Crippen LogP contribution in [0.3, 0.4) is 0 Å². The van der Waals surface area contributed by atoms with Crippen molar-refractivity contribution in [1.29, 1.82) is 0 Å². The number of piperidine rings is 1. The van der Waals surface area contributed by atoms with E-state index in [-0.39, 0.29) is 4.90 Å². The maximum absolute atomic E-state index is 12.9. The molecule has 1 fully saturated rings. The Hall–Kier alpha value is -2.43. The van der Waals surface area contributed by atoms with Gasteiger partial charge in [-0.2, -0.15) is 4.31 Å². The zero-order valence-electron chi connectivity index (χ0n) is 19.4. The highest BCUT2D eigenvalue weighted by Crippen LogP contribution is 2.25. The number of rotatable bonds is 7. The van der Waals surface area contributed by atoms with Gasteiger partial charge in [0, 0.05) is 18.8 Å². The van der Waals surface area contributed by atoms with Crippen molar-refractivity contribution in [1.82, 2.24) is 4.31 Å². The van der Waals surface area contributed by atoms with Gasteiger partial charge < -0.3 is 5.32 Å². The van der Waals surface area contributed by atoms with Crippen molar-refractivity contribution < 1.29 is 21.6 Å². The van der Waals surface area contributed by atoms with E-state index in [2.05, 4.69) is 5.32 Å². The van der Waals surface area contributed by atoms with Gasteiger partial charge in [-0.1, -0.05) is 12.5 Å². The van der Waals surface area contributed by atoms with Crippen LogP contribution in [0, 0.1) is 13.8 Å². The largest absolute Gasteiger partial charge is 0.324 e. The van der Waals surface area contributed by atoms with E-state index in [1.165, 1.54) is 35.5 Å². The molecule has 0 aliphatic carbocycles. The van der Waals surface area contributed by atoms with Crippen LogP contribution in [-0.2, 0) is 24.8 Å². The number of aryl methyl sites for hydroxylation is 2. The monoisotopic (exact) mass is 493 g/mol. The van der Waals surface area contributed by atoms with E-state index in [0.717, 1.165) is 41.0 Å². The molecule has 1 aliphatic rings. The summed E-state index contributed by atoms with van der Waals surface area (Å²) in [5.74, 6) is -0.523. The SMILES string of the molecule is Cc1ccc(N([C@@H](C)C(=O)Nc2ccc(S(=O)(=O)N3CCCCC3)cc2)S(C)(=O)=O)cc1C. The molecule has 0 radical (unpaired) electrons. The zero-order chi connectivity index (χ0) is 24.4. The number of nitrogens with one attached hydrogen (secondary N) is 1. The number of carbonyl (C=O) groups is 1. The molecule has 180 valence electrons. The van der Waals surface area contributed by atoms with Gasteiger partial charge in [-0.25, -0.2) is 16.8 Å². The Bertz CT molecular complexity index is 1220. The van der Waals surface area contributed by atoms with Crippen LogP contribution in [0.4, 0.5) is 11.4 Å². The van der Waals surface area contributed by atoms with Crippen molar-refractivity contribution in [2.45, 2.75) is 51.0 Å². The van der Waals surface area contributed by atoms with Gasteiger partial charge in [0.2, 0.25) is 26.0 Å². The van der Waals surface area contributed by atoms with Crippen LogP contribution in [0.15, 0.2) is 47.4 Å². The third-order valence-corrected chi connectivity index (χ3v) is 9.06. The molecular weight excluding hydrogens is 462 g/mol. The fourth-order valence-electron chi connectivity index (χ4n) is 3.88. The van der Waals surface area contributed by atoms with Gasteiger partial charge in [0.25, 0.3) is 0 Å². The lowest BCUT2D eigenvalue weighted by molar-refractivity contribution is -0.116. The molecule has 0 aromatic heterocycles. The highest BCUT2D eigenvalue weighted by atomic mass is 32.2. The molecule has 1 atom stereocenters. The summed E-state index contributed by atoms with van der Waals surface area (Å²) in [6.07, 6.45) is 3.79. The second-order valence-electron chi connectivity index (χ2n) is 8.48. The third-order valence-electron chi connectivity index (χ3n) is 5.91. The van der Waals surface area contributed by atoms with Crippen LogP contribution in [0.5, 0.6) is 0 Å². The van der Waals surface area contributed by atoms with E-state index in [0.29, 0.717) is 24.5 Å². The highest BCUT2D eigenvalue weighted by Gasteiger charge is 2.30. The topological polar surface area (TPSA) is 104 Å². The molecule has 1 N–H and O–H groups in total. The smallest absolute Gasteiger partial charge is 0.247 e. The molecule has 1 saturated heterocycles. The Kier molecular flexibility index (Phi) is 7.50. The maximum Gasteiger partial charge on any atom is 0.247 e. The van der Waals surface area contributed by atoms with E-state index in [9.17, 15) is 21.6 Å². The minimum absolute atomic E-state index is 0.170. The molecule has 3 rings (SSSR count). The van der Waals surface area contributed by atoms with Crippen molar-refractivity contribution in [3.05, 3.63) is 53.6 Å². The van der Waals surface area contributed by atoms with Gasteiger partial charge in [-0.3, -0.25) is 9.10 Å². The van der Waals surface area contributed by atoms with E-state index in [1.54, 1.807) is 12.1 Å². The fourth-order valence-corrected chi connectivity index (χ4v) is 6.57. The first-order valence-corrected chi connectivity index (χ1v) is 14.2. The lowest BCUT2D eigenvalue weighted by Gasteiger charge is -2.28. The van der Waals surface area contributed by atoms with Crippen LogP contribution < -0.4 is 9.62 Å². The van der Waals surface area contributed by atoms with Crippen LogP contribution in [0.2, 0.25) is 0 Å². The molecule has 0 bridgehead atoms. The van der Waals surface area contributed by atoms with Crippen molar-refractivity contribution in [3.8, 4) is 0 Å². The summed E-state index contributed by atoms with van der Waals surface area (Å²) in [5.41, 5.74) is 2.73. The molecule has 8 nitrogen and oxygen atoms in total. The first-order valence-electron chi connectivity index (χ1n) is 10.9. The Balaban J connectivity index is 1.78. The molecule has 0 spiro atoms. The normalized spacial score (nSPS) is 16.2. The van der Waals surface area contributed by atoms with E-state index >= 15 is 0 Å². The van der Waals surface area contributed by atoms with E-state index < -0.39 is 32.0 Å². The highest BCUT2D eigenvalue weighted by molar-refractivity contribution is 7.92. The van der Waals surface area contributed by atoms with Gasteiger partial charge in [-0.15, -0.1) is 0 Å². The van der Waals surface area contributed by atoms with Gasteiger partial charge in [-0.05, 0) is 81.1 Å². The average molecular weight is 494 g/mol. The first-order chi connectivity index (χ1) is 15.4. The number of amides is 1. The quantitative estimate of drug-likeness (QED) is 0.638. The number of hydrogen-bond acceptors (Lipinski definition) is 5. The summed E-state index contributed by atoms with van der Waals surface area (Å²) in [6, 6.07) is 10.2. The zero-order valence-corrected chi connectivity index (χ0v) is 21.0. The molecule has 0 unspecified atom stereocenters. The maximum atomic E-state index is 12.9. The van der Waals surface area contributed by atoms with Crippen LogP contribution in [0.1, 0.15) is 37.3 Å². The third kappa shape index (κ3) is 5.74. The van der Waals surface area contributed by atoms with Crippen LogP contribution >= 0.6 is 0 Å². The molecule has 1 heterocycles. The van der Waals surface area contributed by atoms with Gasteiger partial charge in [0.05, 0.1) is 16.8 Å². The van der Waals surface area contributed by atoms with Crippen molar-refractivity contribution in [3.63, 3.8) is 0 Å². The summed E-state index contributed by atoms with van der Waals surface area (Å²) >= 11 is 0. The Morgan fingerprint density at radius 2 is 1.55 bits per heavy atom. The van der Waals surface area contributed by atoms with E-state index in [4.69, 9.17) is 0 Å². The number of anilines is 2. The van der Waals surface area contributed by atoms with Crippen molar-refractivity contribution >= 4 is 37.3 Å². The number of benzene rings is 2. The summed E-state index contributed by atoms with van der Waals surface area (Å²) < 4.78 is 53.2. The van der Waals surface area contributed by atoms with Crippen LogP contribution in [0.25, 0.3) is 0 Å². The Morgan fingerprint density at radius 3 is 2.09 bits per heavy atom. The van der Waals surface area contributed by atoms with Crippen molar-refractivity contribution in [2.24, 2.45) is 0 Å². The number of nitrogens with zero attached hydrogens (tertiary/aromatic N) is 2.